The van der Waals surface area contributed by atoms with Crippen LogP contribution in [0.25, 0.3) is 43.6 Å². The first kappa shape index (κ1) is 20.7. The smallest absolute Gasteiger partial charge is 0.0780 e. The van der Waals surface area contributed by atoms with Crippen molar-refractivity contribution in [2.24, 2.45) is 5.92 Å². The Morgan fingerprint density at radius 2 is 1.31 bits per heavy atom. The summed E-state index contributed by atoms with van der Waals surface area (Å²) < 4.78 is 0. The minimum absolute atomic E-state index is 0.151. The second-order valence-electron chi connectivity index (χ2n) is 10.5. The van der Waals surface area contributed by atoms with Crippen molar-refractivity contribution in [3.63, 3.8) is 0 Å². The molecular weight excluding hydrogens is 386 g/mol. The monoisotopic (exact) mass is 417 g/mol. The third-order valence-electron chi connectivity index (χ3n) is 6.50. The number of nitrogens with zero attached hydrogens (tertiary/aromatic N) is 1. The van der Waals surface area contributed by atoms with Gasteiger partial charge in [0.2, 0.25) is 0 Å². The molecule has 0 saturated heterocycles. The van der Waals surface area contributed by atoms with Gasteiger partial charge < -0.3 is 0 Å². The summed E-state index contributed by atoms with van der Waals surface area (Å²) >= 11 is 0. The second-order valence-corrected chi connectivity index (χ2v) is 10.5. The summed E-state index contributed by atoms with van der Waals surface area (Å²) in [4.78, 5) is 4.78. The summed E-state index contributed by atoms with van der Waals surface area (Å²) in [5.74, 6) is 0.664. The van der Waals surface area contributed by atoms with Crippen LogP contribution in [0.5, 0.6) is 0 Å². The highest BCUT2D eigenvalue weighted by Crippen LogP contribution is 2.36. The minimum Gasteiger partial charge on any atom is -0.256 e. The van der Waals surface area contributed by atoms with E-state index in [-0.39, 0.29) is 5.41 Å². The second kappa shape index (κ2) is 7.74. The fraction of sp³-hybridized carbons (Fsp3) is 0.258. The van der Waals surface area contributed by atoms with E-state index in [9.17, 15) is 0 Å². The van der Waals surface area contributed by atoms with E-state index in [0.717, 1.165) is 12.1 Å². The van der Waals surface area contributed by atoms with Crippen molar-refractivity contribution in [1.29, 1.82) is 0 Å². The van der Waals surface area contributed by atoms with Gasteiger partial charge >= 0.3 is 0 Å². The summed E-state index contributed by atoms with van der Waals surface area (Å²) in [6.45, 7) is 11.3. The van der Waals surface area contributed by atoms with Gasteiger partial charge in [0.15, 0.2) is 0 Å². The van der Waals surface area contributed by atoms with Crippen LogP contribution in [0.2, 0.25) is 0 Å². The van der Waals surface area contributed by atoms with Crippen molar-refractivity contribution in [3.8, 4) is 11.3 Å². The number of pyridine rings is 1. The Balaban J connectivity index is 1.66. The third-order valence-corrected chi connectivity index (χ3v) is 6.50. The molecule has 0 unspecified atom stereocenters. The van der Waals surface area contributed by atoms with Gasteiger partial charge in [0.25, 0.3) is 0 Å². The Bertz CT molecular complexity index is 1430. The standard InChI is InChI=1S/C31H31N/c1-20(2)18-21-6-8-22(9-7-21)30-29-15-14-26-25-13-11-24(31(3,4)5)19-23(25)10-12-27(26)28(29)16-17-32-30/h6-17,19-20H,18H2,1-5H3. The van der Waals surface area contributed by atoms with Gasteiger partial charge in [0, 0.05) is 17.1 Å². The van der Waals surface area contributed by atoms with Crippen LogP contribution in [0.1, 0.15) is 45.7 Å². The highest BCUT2D eigenvalue weighted by atomic mass is 14.7. The van der Waals surface area contributed by atoms with Gasteiger partial charge in [-0.2, -0.15) is 0 Å². The van der Waals surface area contributed by atoms with Gasteiger partial charge in [0.1, 0.15) is 0 Å². The van der Waals surface area contributed by atoms with E-state index in [4.69, 9.17) is 4.98 Å². The van der Waals surface area contributed by atoms with Gasteiger partial charge in [-0.3, -0.25) is 4.98 Å². The molecule has 0 saturated carbocycles. The molecule has 1 aromatic heterocycles. The van der Waals surface area contributed by atoms with Crippen molar-refractivity contribution in [3.05, 3.63) is 90.1 Å². The Morgan fingerprint density at radius 1 is 0.688 bits per heavy atom. The van der Waals surface area contributed by atoms with Crippen LogP contribution in [0.3, 0.4) is 0 Å². The van der Waals surface area contributed by atoms with E-state index >= 15 is 0 Å². The van der Waals surface area contributed by atoms with Crippen molar-refractivity contribution < 1.29 is 0 Å². The largest absolute Gasteiger partial charge is 0.256 e. The SMILES string of the molecule is CC(C)Cc1ccc(-c2nccc3c2ccc2c4ccc(C(C)(C)C)cc4ccc32)cc1. The van der Waals surface area contributed by atoms with Gasteiger partial charge in [-0.25, -0.2) is 0 Å². The molecule has 0 aliphatic carbocycles. The molecule has 5 aromatic rings. The molecule has 5 rings (SSSR count). The molecule has 160 valence electrons. The molecule has 1 heteroatoms. The molecule has 0 atom stereocenters. The fourth-order valence-corrected chi connectivity index (χ4v) is 4.78. The molecular formula is C31H31N. The fourth-order valence-electron chi connectivity index (χ4n) is 4.78. The lowest BCUT2D eigenvalue weighted by Gasteiger charge is -2.20. The van der Waals surface area contributed by atoms with Gasteiger partial charge in [-0.1, -0.05) is 101 Å². The zero-order valence-electron chi connectivity index (χ0n) is 19.7. The molecule has 4 aromatic carbocycles. The topological polar surface area (TPSA) is 12.9 Å². The first-order valence-electron chi connectivity index (χ1n) is 11.7. The first-order valence-corrected chi connectivity index (χ1v) is 11.7. The van der Waals surface area contributed by atoms with Crippen LogP contribution in [0, 0.1) is 5.92 Å². The number of hydrogen-bond donors (Lipinski definition) is 0. The molecule has 0 spiro atoms. The van der Waals surface area contributed by atoms with Crippen molar-refractivity contribution in [2.45, 2.75) is 46.5 Å². The van der Waals surface area contributed by atoms with Crippen LogP contribution in [0.15, 0.2) is 79.0 Å². The average Bonchev–Trinajstić information content (AvgIpc) is 2.77. The molecule has 1 nitrogen and oxygen atoms in total. The van der Waals surface area contributed by atoms with Crippen LogP contribution >= 0.6 is 0 Å². The van der Waals surface area contributed by atoms with Crippen LogP contribution < -0.4 is 0 Å². The first-order chi connectivity index (χ1) is 15.3. The molecule has 0 aliphatic heterocycles. The summed E-state index contributed by atoms with van der Waals surface area (Å²) in [7, 11) is 0. The lowest BCUT2D eigenvalue weighted by Crippen LogP contribution is -2.10. The molecule has 0 amide bonds. The molecule has 0 bridgehead atoms. The Hall–Kier alpha value is -3.19. The number of fused-ring (bicyclic) bond motifs is 5. The lowest BCUT2D eigenvalue weighted by molar-refractivity contribution is 0.591. The maximum atomic E-state index is 4.78. The average molecular weight is 418 g/mol. The number of rotatable bonds is 3. The van der Waals surface area contributed by atoms with E-state index in [1.54, 1.807) is 0 Å². The number of aromatic nitrogens is 1. The molecule has 0 aliphatic rings. The summed E-state index contributed by atoms with van der Waals surface area (Å²) in [5, 5.41) is 7.69. The number of hydrogen-bond acceptors (Lipinski definition) is 1. The normalized spacial score (nSPS) is 12.3. The molecule has 32 heavy (non-hydrogen) atoms. The Kier molecular flexibility index (Phi) is 5.01. The lowest BCUT2D eigenvalue weighted by atomic mass is 9.85. The van der Waals surface area contributed by atoms with E-state index in [0.29, 0.717) is 5.92 Å². The molecule has 0 N–H and O–H groups in total. The Labute approximate surface area is 191 Å². The summed E-state index contributed by atoms with van der Waals surface area (Å²) in [6, 6.07) is 27.1. The predicted molar refractivity (Wildman–Crippen MR) is 139 cm³/mol. The Morgan fingerprint density at radius 3 is 2.03 bits per heavy atom. The maximum Gasteiger partial charge on any atom is 0.0780 e. The third kappa shape index (κ3) is 3.66. The van der Waals surface area contributed by atoms with Crippen molar-refractivity contribution in [1.82, 2.24) is 4.98 Å². The van der Waals surface area contributed by atoms with Crippen molar-refractivity contribution >= 4 is 32.3 Å². The van der Waals surface area contributed by atoms with Crippen LogP contribution in [-0.2, 0) is 11.8 Å². The molecule has 0 radical (unpaired) electrons. The highest BCUT2D eigenvalue weighted by molar-refractivity contribution is 6.18. The predicted octanol–water partition coefficient (Wildman–Crippen LogP) is 8.70. The highest BCUT2D eigenvalue weighted by Gasteiger charge is 2.15. The number of benzene rings is 4. The van der Waals surface area contributed by atoms with E-state index < -0.39 is 0 Å². The molecule has 1 heterocycles. The van der Waals surface area contributed by atoms with Gasteiger partial charge in [-0.05, 0) is 61.9 Å². The van der Waals surface area contributed by atoms with E-state index in [2.05, 4.69) is 107 Å². The van der Waals surface area contributed by atoms with Gasteiger partial charge in [-0.15, -0.1) is 0 Å². The van der Waals surface area contributed by atoms with Crippen LogP contribution in [-0.4, -0.2) is 4.98 Å². The van der Waals surface area contributed by atoms with Crippen molar-refractivity contribution in [2.75, 3.05) is 0 Å². The zero-order chi connectivity index (χ0) is 22.5. The van der Waals surface area contributed by atoms with Crippen LogP contribution in [0.4, 0.5) is 0 Å². The van der Waals surface area contributed by atoms with E-state index in [1.807, 2.05) is 6.20 Å². The maximum absolute atomic E-state index is 4.78. The van der Waals surface area contributed by atoms with E-state index in [1.165, 1.54) is 49.0 Å². The quantitative estimate of drug-likeness (QED) is 0.267. The van der Waals surface area contributed by atoms with Gasteiger partial charge in [0.05, 0.1) is 5.69 Å². The minimum atomic E-state index is 0.151. The molecule has 0 fully saturated rings. The summed E-state index contributed by atoms with van der Waals surface area (Å²) in [5.41, 5.74) is 5.15. The summed E-state index contributed by atoms with van der Waals surface area (Å²) in [6.07, 6.45) is 3.06. The zero-order valence-corrected chi connectivity index (χ0v) is 19.7.